The van der Waals surface area contributed by atoms with Crippen LogP contribution in [0, 0.1) is 0 Å². The summed E-state index contributed by atoms with van der Waals surface area (Å²) in [5.74, 6) is -0.615. The first-order chi connectivity index (χ1) is 18.9. The number of aliphatic hydroxyl groups is 1. The van der Waals surface area contributed by atoms with Crippen LogP contribution in [0.5, 0.6) is 11.5 Å². The molecular weight excluding hydrogens is 536 g/mol. The predicted octanol–water partition coefficient (Wildman–Crippen LogP) is 7.15. The van der Waals surface area contributed by atoms with E-state index < -0.39 is 17.7 Å². The van der Waals surface area contributed by atoms with Crippen LogP contribution in [0.1, 0.15) is 43.4 Å². The van der Waals surface area contributed by atoms with Gasteiger partial charge in [-0.05, 0) is 66.6 Å². The van der Waals surface area contributed by atoms with Gasteiger partial charge in [-0.15, -0.1) is 0 Å². The van der Waals surface area contributed by atoms with Gasteiger partial charge in [0, 0.05) is 10.6 Å². The largest absolute Gasteiger partial charge is 0.507 e. The van der Waals surface area contributed by atoms with Crippen LogP contribution in [0.25, 0.3) is 16.0 Å². The average Bonchev–Trinajstić information content (AvgIpc) is 3.48. The molecule has 7 nitrogen and oxygen atoms in total. The van der Waals surface area contributed by atoms with Crippen LogP contribution in [0.3, 0.4) is 0 Å². The van der Waals surface area contributed by atoms with Gasteiger partial charge in [0.2, 0.25) is 0 Å². The van der Waals surface area contributed by atoms with E-state index in [0.717, 1.165) is 24.0 Å². The zero-order chi connectivity index (χ0) is 27.5. The maximum atomic E-state index is 13.5. The van der Waals surface area contributed by atoms with Crippen molar-refractivity contribution in [1.29, 1.82) is 0 Å². The molecule has 0 spiro atoms. The van der Waals surface area contributed by atoms with Crippen molar-refractivity contribution >= 4 is 55.7 Å². The van der Waals surface area contributed by atoms with Crippen molar-refractivity contribution in [2.45, 2.75) is 32.2 Å². The Morgan fingerprint density at radius 2 is 1.85 bits per heavy atom. The molecule has 1 atom stereocenters. The highest BCUT2D eigenvalue weighted by atomic mass is 35.5. The minimum absolute atomic E-state index is 0.0226. The fourth-order valence-electron chi connectivity index (χ4n) is 4.56. The first-order valence-electron chi connectivity index (χ1n) is 12.7. The summed E-state index contributed by atoms with van der Waals surface area (Å²) in [5, 5.41) is 12.3. The van der Waals surface area contributed by atoms with Gasteiger partial charge in [-0.1, -0.05) is 54.8 Å². The molecule has 1 aromatic heterocycles. The molecule has 1 fully saturated rings. The lowest BCUT2D eigenvalue weighted by Gasteiger charge is -2.23. The molecule has 200 valence electrons. The lowest BCUT2D eigenvalue weighted by atomic mass is 9.95. The number of nitrogens with zero attached hydrogens (tertiary/aromatic N) is 2. The zero-order valence-electron chi connectivity index (χ0n) is 21.5. The summed E-state index contributed by atoms with van der Waals surface area (Å²) >= 11 is 7.43. The maximum Gasteiger partial charge on any atom is 0.301 e. The second-order valence-corrected chi connectivity index (χ2v) is 10.6. The topological polar surface area (TPSA) is 89.0 Å². The minimum Gasteiger partial charge on any atom is -0.507 e. The molecule has 3 aromatic carbocycles. The molecule has 0 aliphatic carbocycles. The number of aromatic nitrogens is 1. The van der Waals surface area contributed by atoms with Gasteiger partial charge < -0.3 is 14.6 Å². The van der Waals surface area contributed by atoms with Gasteiger partial charge in [-0.25, -0.2) is 4.98 Å². The van der Waals surface area contributed by atoms with E-state index >= 15 is 0 Å². The molecule has 0 bridgehead atoms. The second-order valence-electron chi connectivity index (χ2n) is 9.13. The molecule has 0 radical (unpaired) electrons. The number of ether oxygens (including phenoxy) is 2. The van der Waals surface area contributed by atoms with Gasteiger partial charge in [0.15, 0.2) is 5.13 Å². The van der Waals surface area contributed by atoms with Gasteiger partial charge in [-0.2, -0.15) is 0 Å². The van der Waals surface area contributed by atoms with Crippen LogP contribution in [-0.2, 0) is 9.59 Å². The number of benzene rings is 3. The van der Waals surface area contributed by atoms with E-state index in [-0.39, 0.29) is 11.3 Å². The summed E-state index contributed by atoms with van der Waals surface area (Å²) in [6, 6.07) is 18.3. The SMILES string of the molecule is CCCCCOc1cccc(C2/C(=C(\O)c3ccc(OC)cc3)C(=O)C(=O)N2c2nc3ccc(Cl)cc3s2)c1. The van der Waals surface area contributed by atoms with Crippen LogP contribution >= 0.6 is 22.9 Å². The number of rotatable bonds is 9. The van der Waals surface area contributed by atoms with Crippen molar-refractivity contribution in [3.63, 3.8) is 0 Å². The van der Waals surface area contributed by atoms with Crippen molar-refractivity contribution in [2.24, 2.45) is 0 Å². The molecule has 5 rings (SSSR count). The Morgan fingerprint density at radius 1 is 1.05 bits per heavy atom. The summed E-state index contributed by atoms with van der Waals surface area (Å²) in [7, 11) is 1.54. The summed E-state index contributed by atoms with van der Waals surface area (Å²) in [4.78, 5) is 33.0. The number of anilines is 1. The lowest BCUT2D eigenvalue weighted by Crippen LogP contribution is -2.29. The number of methoxy groups -OCH3 is 1. The highest BCUT2D eigenvalue weighted by Gasteiger charge is 2.48. The molecule has 1 N–H and O–H groups in total. The fourth-order valence-corrected chi connectivity index (χ4v) is 5.82. The van der Waals surface area contributed by atoms with E-state index in [4.69, 9.17) is 21.1 Å². The molecule has 1 unspecified atom stereocenters. The first kappa shape index (κ1) is 26.7. The highest BCUT2D eigenvalue weighted by Crippen LogP contribution is 2.45. The number of Topliss-reactive ketones (excluding diaryl/α,β-unsaturated/α-hetero) is 1. The van der Waals surface area contributed by atoms with Crippen LogP contribution < -0.4 is 14.4 Å². The number of fused-ring (bicyclic) bond motifs is 1. The summed E-state index contributed by atoms with van der Waals surface area (Å²) in [6.45, 7) is 2.68. The molecule has 9 heteroatoms. The van der Waals surface area contributed by atoms with Crippen molar-refractivity contribution in [2.75, 3.05) is 18.6 Å². The van der Waals surface area contributed by atoms with Crippen LogP contribution in [0.4, 0.5) is 5.13 Å². The lowest BCUT2D eigenvalue weighted by molar-refractivity contribution is -0.132. The van der Waals surface area contributed by atoms with Crippen molar-refractivity contribution in [3.05, 3.63) is 88.5 Å². The van der Waals surface area contributed by atoms with E-state index in [2.05, 4.69) is 11.9 Å². The van der Waals surface area contributed by atoms with E-state index in [0.29, 0.717) is 44.9 Å². The average molecular weight is 563 g/mol. The smallest absolute Gasteiger partial charge is 0.301 e. The number of unbranched alkanes of at least 4 members (excludes halogenated alkanes) is 2. The number of hydrogen-bond acceptors (Lipinski definition) is 7. The van der Waals surface area contributed by atoms with E-state index in [9.17, 15) is 14.7 Å². The number of thiazole rings is 1. The van der Waals surface area contributed by atoms with Gasteiger partial charge >= 0.3 is 5.91 Å². The number of ketones is 1. The molecule has 1 amide bonds. The normalized spacial score (nSPS) is 16.7. The molecule has 1 saturated heterocycles. The minimum atomic E-state index is -0.915. The third kappa shape index (κ3) is 5.35. The Bertz CT molecular complexity index is 1560. The fraction of sp³-hybridized carbons (Fsp3) is 0.233. The molecule has 0 saturated carbocycles. The van der Waals surface area contributed by atoms with E-state index in [1.54, 1.807) is 55.6 Å². The quantitative estimate of drug-likeness (QED) is 0.101. The number of aliphatic hydroxyl groups excluding tert-OH is 1. The Hall–Kier alpha value is -3.88. The van der Waals surface area contributed by atoms with Crippen LogP contribution in [0.15, 0.2) is 72.3 Å². The molecule has 4 aromatic rings. The third-order valence-electron chi connectivity index (χ3n) is 6.54. The predicted molar refractivity (Wildman–Crippen MR) is 154 cm³/mol. The van der Waals surface area contributed by atoms with E-state index in [1.807, 2.05) is 18.2 Å². The van der Waals surface area contributed by atoms with Crippen molar-refractivity contribution < 1.29 is 24.2 Å². The van der Waals surface area contributed by atoms with Crippen molar-refractivity contribution in [1.82, 2.24) is 4.98 Å². The standard InChI is InChI=1S/C30H27ClN2O5S/c1-3-4-5-15-38-22-8-6-7-19(16-22)26-25(27(34)18-9-12-21(37-2)13-10-18)28(35)29(36)33(26)30-32-23-14-11-20(31)17-24(23)39-30/h6-14,16-17,26,34H,3-5,15H2,1-2H3/b27-25+. The molecule has 1 aliphatic heterocycles. The molecule has 39 heavy (non-hydrogen) atoms. The number of halogens is 1. The molecular formula is C30H27ClN2O5S. The van der Waals surface area contributed by atoms with Crippen LogP contribution in [-0.4, -0.2) is 35.5 Å². The van der Waals surface area contributed by atoms with Gasteiger partial charge in [0.05, 0.1) is 35.5 Å². The zero-order valence-corrected chi connectivity index (χ0v) is 23.1. The first-order valence-corrected chi connectivity index (χ1v) is 13.8. The molecule has 1 aliphatic rings. The monoisotopic (exact) mass is 562 g/mol. The summed E-state index contributed by atoms with van der Waals surface area (Å²) in [5.41, 5.74) is 1.64. The van der Waals surface area contributed by atoms with Crippen molar-refractivity contribution in [3.8, 4) is 11.5 Å². The number of carbonyl (C=O) groups excluding carboxylic acids is 2. The Balaban J connectivity index is 1.63. The number of hydrogen-bond donors (Lipinski definition) is 1. The Kier molecular flexibility index (Phi) is 7.86. The van der Waals surface area contributed by atoms with Crippen LogP contribution in [0.2, 0.25) is 5.02 Å². The number of amides is 1. The summed E-state index contributed by atoms with van der Waals surface area (Å²) in [6.07, 6.45) is 3.06. The third-order valence-corrected chi connectivity index (χ3v) is 7.80. The molecule has 2 heterocycles. The Morgan fingerprint density at radius 3 is 2.59 bits per heavy atom. The summed E-state index contributed by atoms with van der Waals surface area (Å²) < 4.78 is 12.0. The van der Waals surface area contributed by atoms with E-state index in [1.165, 1.54) is 16.2 Å². The maximum absolute atomic E-state index is 13.5. The van der Waals surface area contributed by atoms with Gasteiger partial charge in [-0.3, -0.25) is 14.5 Å². The highest BCUT2D eigenvalue weighted by molar-refractivity contribution is 7.22. The van der Waals surface area contributed by atoms with Gasteiger partial charge in [0.25, 0.3) is 5.78 Å². The number of carbonyl (C=O) groups is 2. The second kappa shape index (κ2) is 11.5. The Labute approximate surface area is 235 Å². The van der Waals surface area contributed by atoms with Gasteiger partial charge in [0.1, 0.15) is 17.3 Å².